The second kappa shape index (κ2) is 6.41. The Morgan fingerprint density at radius 1 is 1.00 bits per heavy atom. The molecule has 2 aromatic rings. The van der Waals surface area contributed by atoms with E-state index in [2.05, 4.69) is 19.1 Å². The van der Waals surface area contributed by atoms with Gasteiger partial charge in [-0.3, -0.25) is 4.79 Å². The van der Waals surface area contributed by atoms with Crippen molar-refractivity contribution in [2.75, 3.05) is 0 Å². The first-order valence-corrected chi connectivity index (χ1v) is 7.00. The summed E-state index contributed by atoms with van der Waals surface area (Å²) >= 11 is 1.41. The van der Waals surface area contributed by atoms with Gasteiger partial charge in [0.15, 0.2) is 0 Å². The van der Waals surface area contributed by atoms with Gasteiger partial charge in [0.2, 0.25) is 5.12 Å². The summed E-state index contributed by atoms with van der Waals surface area (Å²) in [6, 6.07) is 19.7. The smallest absolute Gasteiger partial charge is 0.219 e. The van der Waals surface area contributed by atoms with Crippen LogP contribution in [0.4, 0.5) is 0 Å². The minimum Gasteiger partial charge on any atom is -0.282 e. The van der Waals surface area contributed by atoms with Gasteiger partial charge in [-0.15, -0.1) is 0 Å². The Kier molecular flexibility index (Phi) is 4.59. The average Bonchev–Trinajstić information content (AvgIpc) is 2.46. The third-order valence-electron chi connectivity index (χ3n) is 2.80. The average molecular weight is 256 g/mol. The zero-order valence-electron chi connectivity index (χ0n) is 10.4. The molecule has 0 heterocycles. The summed E-state index contributed by atoms with van der Waals surface area (Å²) in [6.07, 6.45) is 0.952. The number of thioether (sulfide) groups is 1. The number of carbonyl (C=O) groups is 1. The van der Waals surface area contributed by atoms with Crippen LogP contribution in [0.3, 0.4) is 0 Å². The Morgan fingerprint density at radius 2 is 1.56 bits per heavy atom. The predicted octanol–water partition coefficient (Wildman–Crippen LogP) is 4.71. The van der Waals surface area contributed by atoms with Gasteiger partial charge in [-0.2, -0.15) is 0 Å². The number of rotatable bonds is 4. The van der Waals surface area contributed by atoms with Gasteiger partial charge in [-0.25, -0.2) is 0 Å². The molecule has 0 aliphatic carbocycles. The summed E-state index contributed by atoms with van der Waals surface area (Å²) in [5.41, 5.74) is 1.99. The molecular weight excluding hydrogens is 240 g/mol. The number of carbonyl (C=O) groups excluding carboxylic acids is 1. The van der Waals surface area contributed by atoms with Crippen molar-refractivity contribution in [3.8, 4) is 0 Å². The molecule has 0 radical (unpaired) electrons. The lowest BCUT2D eigenvalue weighted by Crippen LogP contribution is -1.99. The van der Waals surface area contributed by atoms with E-state index in [1.165, 1.54) is 17.3 Å². The van der Waals surface area contributed by atoms with Crippen LogP contribution >= 0.6 is 11.8 Å². The fourth-order valence-corrected chi connectivity index (χ4v) is 2.82. The van der Waals surface area contributed by atoms with Crippen molar-refractivity contribution in [1.29, 1.82) is 0 Å². The topological polar surface area (TPSA) is 17.1 Å². The second-order valence-corrected chi connectivity index (χ2v) is 5.25. The first-order valence-electron chi connectivity index (χ1n) is 6.12. The molecule has 0 saturated carbocycles. The molecule has 0 saturated heterocycles. The molecule has 0 aromatic heterocycles. The van der Waals surface area contributed by atoms with Crippen LogP contribution in [0.25, 0.3) is 0 Å². The van der Waals surface area contributed by atoms with Crippen molar-refractivity contribution in [3.05, 3.63) is 71.8 Å². The quantitative estimate of drug-likeness (QED) is 0.788. The van der Waals surface area contributed by atoms with E-state index in [4.69, 9.17) is 0 Å². The summed E-state index contributed by atoms with van der Waals surface area (Å²) in [5, 5.41) is 0.380. The first kappa shape index (κ1) is 12.9. The van der Waals surface area contributed by atoms with Crippen LogP contribution in [-0.4, -0.2) is 5.12 Å². The van der Waals surface area contributed by atoms with Crippen LogP contribution in [-0.2, 0) is 0 Å². The Morgan fingerprint density at radius 3 is 2.11 bits per heavy atom. The Labute approximate surface area is 112 Å². The molecule has 1 atom stereocenters. The molecule has 0 N–H and O–H groups in total. The molecule has 0 fully saturated rings. The van der Waals surface area contributed by atoms with Gasteiger partial charge in [0, 0.05) is 10.8 Å². The van der Waals surface area contributed by atoms with Crippen LogP contribution < -0.4 is 0 Å². The van der Waals surface area contributed by atoms with Crippen LogP contribution in [0.2, 0.25) is 0 Å². The molecule has 0 amide bonds. The lowest BCUT2D eigenvalue weighted by molar-refractivity contribution is 0.108. The zero-order chi connectivity index (χ0) is 12.8. The first-order chi connectivity index (χ1) is 8.81. The largest absolute Gasteiger partial charge is 0.282 e. The third kappa shape index (κ3) is 3.23. The van der Waals surface area contributed by atoms with E-state index >= 15 is 0 Å². The van der Waals surface area contributed by atoms with Crippen molar-refractivity contribution in [3.63, 3.8) is 0 Å². The molecule has 92 valence electrons. The molecule has 0 aliphatic rings. The maximum Gasteiger partial charge on any atom is 0.219 e. The standard InChI is InChI=1S/C16H16OS/c1-2-15(13-9-5-3-6-10-13)18-16(17)14-11-7-4-8-12-14/h3-12,15H,2H2,1H3. The van der Waals surface area contributed by atoms with E-state index in [0.29, 0.717) is 0 Å². The Balaban J connectivity index is 2.10. The third-order valence-corrected chi connectivity index (χ3v) is 4.14. The monoisotopic (exact) mass is 256 g/mol. The van der Waals surface area contributed by atoms with Gasteiger partial charge in [0.05, 0.1) is 0 Å². The highest BCUT2D eigenvalue weighted by molar-refractivity contribution is 8.14. The second-order valence-electron chi connectivity index (χ2n) is 4.08. The summed E-state index contributed by atoms with van der Waals surface area (Å²) < 4.78 is 0. The van der Waals surface area contributed by atoms with Crippen molar-refractivity contribution in [2.24, 2.45) is 0 Å². The number of benzene rings is 2. The fraction of sp³-hybridized carbons (Fsp3) is 0.188. The summed E-state index contributed by atoms with van der Waals surface area (Å²) in [6.45, 7) is 2.11. The van der Waals surface area contributed by atoms with Crippen molar-refractivity contribution in [1.82, 2.24) is 0 Å². The van der Waals surface area contributed by atoms with E-state index in [9.17, 15) is 4.79 Å². The lowest BCUT2D eigenvalue weighted by Gasteiger charge is -2.13. The minimum atomic E-state index is 0.145. The SMILES string of the molecule is CCC(SC(=O)c1ccccc1)c1ccccc1. The number of hydrogen-bond acceptors (Lipinski definition) is 2. The Hall–Kier alpha value is -1.54. The van der Waals surface area contributed by atoms with E-state index in [1.807, 2.05) is 48.5 Å². The molecule has 2 heteroatoms. The maximum absolute atomic E-state index is 12.2. The lowest BCUT2D eigenvalue weighted by atomic mass is 10.1. The minimum absolute atomic E-state index is 0.145. The van der Waals surface area contributed by atoms with Crippen LogP contribution in [0.15, 0.2) is 60.7 Å². The van der Waals surface area contributed by atoms with Gasteiger partial charge >= 0.3 is 0 Å². The molecule has 0 bridgehead atoms. The number of hydrogen-bond donors (Lipinski definition) is 0. The highest BCUT2D eigenvalue weighted by Crippen LogP contribution is 2.33. The molecule has 0 aliphatic heterocycles. The van der Waals surface area contributed by atoms with Gasteiger partial charge in [0.1, 0.15) is 0 Å². The van der Waals surface area contributed by atoms with E-state index in [-0.39, 0.29) is 10.4 Å². The van der Waals surface area contributed by atoms with Gasteiger partial charge < -0.3 is 0 Å². The normalized spacial score (nSPS) is 12.1. The van der Waals surface area contributed by atoms with Gasteiger partial charge in [-0.05, 0) is 12.0 Å². The highest BCUT2D eigenvalue weighted by Gasteiger charge is 2.15. The zero-order valence-corrected chi connectivity index (χ0v) is 11.2. The summed E-state index contributed by atoms with van der Waals surface area (Å²) in [4.78, 5) is 12.2. The van der Waals surface area contributed by atoms with Crippen LogP contribution in [0.5, 0.6) is 0 Å². The molecular formula is C16H16OS. The molecule has 2 aromatic carbocycles. The highest BCUT2D eigenvalue weighted by atomic mass is 32.2. The van der Waals surface area contributed by atoms with E-state index in [1.54, 1.807) is 0 Å². The predicted molar refractivity (Wildman–Crippen MR) is 77.8 cm³/mol. The Bertz CT molecular complexity index is 493. The van der Waals surface area contributed by atoms with Crippen molar-refractivity contribution in [2.45, 2.75) is 18.6 Å². The van der Waals surface area contributed by atoms with Crippen LogP contribution in [0.1, 0.15) is 34.5 Å². The molecule has 18 heavy (non-hydrogen) atoms. The molecule has 1 nitrogen and oxygen atoms in total. The van der Waals surface area contributed by atoms with Gasteiger partial charge in [-0.1, -0.05) is 79.3 Å². The summed E-state index contributed by atoms with van der Waals surface area (Å²) in [5.74, 6) is 0. The summed E-state index contributed by atoms with van der Waals surface area (Å²) in [7, 11) is 0. The van der Waals surface area contributed by atoms with Crippen LogP contribution in [0, 0.1) is 0 Å². The fourth-order valence-electron chi connectivity index (χ4n) is 1.83. The molecule has 1 unspecified atom stereocenters. The van der Waals surface area contributed by atoms with Gasteiger partial charge in [0.25, 0.3) is 0 Å². The van der Waals surface area contributed by atoms with E-state index in [0.717, 1.165) is 12.0 Å². The van der Waals surface area contributed by atoms with Crippen molar-refractivity contribution >= 4 is 16.9 Å². The van der Waals surface area contributed by atoms with E-state index < -0.39 is 0 Å². The maximum atomic E-state index is 12.2. The molecule has 0 spiro atoms. The van der Waals surface area contributed by atoms with Crippen molar-refractivity contribution < 1.29 is 4.79 Å². The molecule has 2 rings (SSSR count).